The molecule has 0 aliphatic heterocycles. The molecule has 0 bridgehead atoms. The minimum atomic E-state index is -0.316. The maximum atomic E-state index is 13.4. The molecule has 1 amide bonds. The number of halogens is 1. The Labute approximate surface area is 193 Å². The van der Waals surface area contributed by atoms with Crippen molar-refractivity contribution >= 4 is 34.2 Å². The molecule has 2 aromatic heterocycles. The van der Waals surface area contributed by atoms with Crippen LogP contribution in [0.2, 0.25) is 5.02 Å². The van der Waals surface area contributed by atoms with Crippen LogP contribution in [0.1, 0.15) is 67.9 Å². The number of anilines is 1. The standard InChI is InChI=1S/C24H30ClN5O2/c1-3-21(15-8-10-16(25)11-9-15)29-24(32)20-13-26-23-19(14-27-30(23)4-2)22(20)28-17-6-5-7-18(31)12-17/h8-11,13-14,17-18,21,31H,3-7,12H2,1-2H3,(H,26,28)(H,29,32)/t17?,18-,21?/m1/s1. The van der Waals surface area contributed by atoms with Crippen LogP contribution in [-0.4, -0.2) is 37.9 Å². The predicted molar refractivity (Wildman–Crippen MR) is 127 cm³/mol. The van der Waals surface area contributed by atoms with E-state index in [4.69, 9.17) is 11.6 Å². The molecule has 3 N–H and O–H groups in total. The fourth-order valence-corrected chi connectivity index (χ4v) is 4.56. The van der Waals surface area contributed by atoms with Crippen LogP contribution in [-0.2, 0) is 6.54 Å². The molecule has 1 fully saturated rings. The number of amides is 1. The fraction of sp³-hybridized carbons (Fsp3) is 0.458. The lowest BCUT2D eigenvalue weighted by Gasteiger charge is -2.28. The average Bonchev–Trinajstić information content (AvgIpc) is 3.22. The van der Waals surface area contributed by atoms with Gasteiger partial charge in [-0.1, -0.05) is 30.7 Å². The maximum Gasteiger partial charge on any atom is 0.255 e. The summed E-state index contributed by atoms with van der Waals surface area (Å²) in [6.45, 7) is 4.74. The smallest absolute Gasteiger partial charge is 0.255 e. The minimum Gasteiger partial charge on any atom is -0.393 e. The zero-order valence-electron chi connectivity index (χ0n) is 18.5. The van der Waals surface area contributed by atoms with E-state index in [1.165, 1.54) is 0 Å². The van der Waals surface area contributed by atoms with Gasteiger partial charge in [0.15, 0.2) is 5.65 Å². The van der Waals surface area contributed by atoms with Crippen LogP contribution in [0.3, 0.4) is 0 Å². The summed E-state index contributed by atoms with van der Waals surface area (Å²) in [5.74, 6) is -0.190. The Bertz CT molecular complexity index is 1080. The molecule has 8 heteroatoms. The van der Waals surface area contributed by atoms with E-state index in [1.807, 2.05) is 42.8 Å². The van der Waals surface area contributed by atoms with E-state index in [0.29, 0.717) is 23.6 Å². The molecule has 32 heavy (non-hydrogen) atoms. The number of fused-ring (bicyclic) bond motifs is 1. The number of nitrogens with one attached hydrogen (secondary N) is 2. The summed E-state index contributed by atoms with van der Waals surface area (Å²) in [6.07, 6.45) is 7.21. The van der Waals surface area contributed by atoms with Gasteiger partial charge in [-0.2, -0.15) is 5.10 Å². The van der Waals surface area contributed by atoms with Crippen molar-refractivity contribution in [2.24, 2.45) is 0 Å². The molecular formula is C24H30ClN5O2. The number of rotatable bonds is 7. The first-order chi connectivity index (χ1) is 15.5. The largest absolute Gasteiger partial charge is 0.393 e. The average molecular weight is 456 g/mol. The zero-order valence-corrected chi connectivity index (χ0v) is 19.3. The summed E-state index contributed by atoms with van der Waals surface area (Å²) in [4.78, 5) is 18.0. The number of hydrogen-bond donors (Lipinski definition) is 3. The number of carbonyl (C=O) groups is 1. The van der Waals surface area contributed by atoms with E-state index in [1.54, 1.807) is 12.4 Å². The fourth-order valence-electron chi connectivity index (χ4n) is 4.44. The van der Waals surface area contributed by atoms with Crippen molar-refractivity contribution in [1.29, 1.82) is 0 Å². The first-order valence-corrected chi connectivity index (χ1v) is 11.7. The molecule has 2 heterocycles. The van der Waals surface area contributed by atoms with Gasteiger partial charge >= 0.3 is 0 Å². The number of pyridine rings is 1. The molecule has 0 saturated heterocycles. The molecule has 3 atom stereocenters. The van der Waals surface area contributed by atoms with Crippen molar-refractivity contribution in [2.75, 3.05) is 5.32 Å². The van der Waals surface area contributed by atoms with Crippen LogP contribution in [0.4, 0.5) is 5.69 Å². The Hall–Kier alpha value is -2.64. The topological polar surface area (TPSA) is 92.1 Å². The molecule has 1 aromatic carbocycles. The Morgan fingerprint density at radius 1 is 1.25 bits per heavy atom. The molecule has 170 valence electrons. The number of carbonyl (C=O) groups excluding carboxylic acids is 1. The third kappa shape index (κ3) is 4.74. The van der Waals surface area contributed by atoms with Gasteiger partial charge in [0.1, 0.15) is 0 Å². The van der Waals surface area contributed by atoms with Crippen molar-refractivity contribution in [3.63, 3.8) is 0 Å². The maximum absolute atomic E-state index is 13.4. The number of benzene rings is 1. The molecular weight excluding hydrogens is 426 g/mol. The van der Waals surface area contributed by atoms with Crippen molar-refractivity contribution in [1.82, 2.24) is 20.1 Å². The summed E-state index contributed by atoms with van der Waals surface area (Å²) in [5.41, 5.74) is 2.97. The lowest BCUT2D eigenvalue weighted by Crippen LogP contribution is -2.32. The van der Waals surface area contributed by atoms with Gasteiger partial charge in [-0.15, -0.1) is 0 Å². The summed E-state index contributed by atoms with van der Waals surface area (Å²) >= 11 is 6.02. The van der Waals surface area contributed by atoms with E-state index < -0.39 is 0 Å². The Morgan fingerprint density at radius 2 is 2.03 bits per heavy atom. The molecule has 7 nitrogen and oxygen atoms in total. The number of nitrogens with zero attached hydrogens (tertiary/aromatic N) is 3. The minimum absolute atomic E-state index is 0.0964. The van der Waals surface area contributed by atoms with E-state index in [9.17, 15) is 9.90 Å². The molecule has 1 saturated carbocycles. The molecule has 4 rings (SSSR count). The highest BCUT2D eigenvalue weighted by Gasteiger charge is 2.25. The predicted octanol–water partition coefficient (Wildman–Crippen LogP) is 4.70. The third-order valence-electron chi connectivity index (χ3n) is 6.19. The quantitative estimate of drug-likeness (QED) is 0.480. The van der Waals surface area contributed by atoms with Crippen LogP contribution in [0.15, 0.2) is 36.7 Å². The molecule has 0 spiro atoms. The highest BCUT2D eigenvalue weighted by atomic mass is 35.5. The van der Waals surface area contributed by atoms with Gasteiger partial charge < -0.3 is 15.7 Å². The van der Waals surface area contributed by atoms with E-state index in [0.717, 1.165) is 48.0 Å². The van der Waals surface area contributed by atoms with E-state index in [2.05, 4.69) is 20.7 Å². The van der Waals surface area contributed by atoms with Gasteiger partial charge in [0, 0.05) is 23.8 Å². The Morgan fingerprint density at radius 3 is 2.72 bits per heavy atom. The number of aliphatic hydroxyl groups is 1. The van der Waals surface area contributed by atoms with E-state index >= 15 is 0 Å². The highest BCUT2D eigenvalue weighted by Crippen LogP contribution is 2.31. The second kappa shape index (κ2) is 9.88. The number of hydrogen-bond acceptors (Lipinski definition) is 5. The lowest BCUT2D eigenvalue weighted by atomic mass is 9.92. The van der Waals surface area contributed by atoms with Gasteiger partial charge in [-0.3, -0.25) is 4.79 Å². The lowest BCUT2D eigenvalue weighted by molar-refractivity contribution is 0.0936. The van der Waals surface area contributed by atoms with Crippen LogP contribution < -0.4 is 10.6 Å². The normalized spacial score (nSPS) is 19.6. The third-order valence-corrected chi connectivity index (χ3v) is 6.44. The summed E-state index contributed by atoms with van der Waals surface area (Å²) in [6, 6.07) is 7.50. The molecule has 1 aliphatic carbocycles. The van der Waals surface area contributed by atoms with Crippen LogP contribution >= 0.6 is 11.6 Å². The van der Waals surface area contributed by atoms with E-state index in [-0.39, 0.29) is 24.1 Å². The van der Waals surface area contributed by atoms with Gasteiger partial charge in [0.25, 0.3) is 5.91 Å². The molecule has 1 aliphatic rings. The summed E-state index contributed by atoms with van der Waals surface area (Å²) in [7, 11) is 0. The monoisotopic (exact) mass is 455 g/mol. The second-order valence-electron chi connectivity index (χ2n) is 8.39. The highest BCUT2D eigenvalue weighted by molar-refractivity contribution is 6.30. The molecule has 2 unspecified atom stereocenters. The van der Waals surface area contributed by atoms with Crippen LogP contribution in [0.25, 0.3) is 11.0 Å². The first kappa shape index (κ1) is 22.6. The van der Waals surface area contributed by atoms with Gasteiger partial charge in [0.05, 0.1) is 35.0 Å². The van der Waals surface area contributed by atoms with Gasteiger partial charge in [-0.05, 0) is 56.7 Å². The first-order valence-electron chi connectivity index (χ1n) is 11.4. The van der Waals surface area contributed by atoms with Crippen molar-refractivity contribution in [3.05, 3.63) is 52.8 Å². The van der Waals surface area contributed by atoms with Crippen molar-refractivity contribution in [3.8, 4) is 0 Å². The van der Waals surface area contributed by atoms with Crippen molar-refractivity contribution in [2.45, 2.75) is 70.7 Å². The number of aryl methyl sites for hydroxylation is 1. The van der Waals surface area contributed by atoms with Gasteiger partial charge in [0.2, 0.25) is 0 Å². The Balaban J connectivity index is 1.67. The number of aromatic nitrogens is 3. The van der Waals surface area contributed by atoms with Crippen molar-refractivity contribution < 1.29 is 9.90 Å². The zero-order chi connectivity index (χ0) is 22.7. The molecule has 0 radical (unpaired) electrons. The second-order valence-corrected chi connectivity index (χ2v) is 8.83. The number of aliphatic hydroxyl groups excluding tert-OH is 1. The summed E-state index contributed by atoms with van der Waals surface area (Å²) < 4.78 is 1.82. The molecule has 3 aromatic rings. The van der Waals surface area contributed by atoms with Crippen LogP contribution in [0.5, 0.6) is 0 Å². The van der Waals surface area contributed by atoms with Crippen LogP contribution in [0, 0.1) is 0 Å². The SMILES string of the molecule is CCC(NC(=O)c1cnc2c(cnn2CC)c1NC1CCC[C@@H](O)C1)c1ccc(Cl)cc1. The summed E-state index contributed by atoms with van der Waals surface area (Å²) in [5, 5.41) is 22.8. The van der Waals surface area contributed by atoms with Gasteiger partial charge in [-0.25, -0.2) is 9.67 Å². The Kier molecular flexibility index (Phi) is 6.96.